The van der Waals surface area contributed by atoms with Crippen LogP contribution >= 0.6 is 0 Å². The van der Waals surface area contributed by atoms with E-state index in [1.807, 2.05) is 13.8 Å². The van der Waals surface area contributed by atoms with Gasteiger partial charge in [0.1, 0.15) is 0 Å². The lowest BCUT2D eigenvalue weighted by atomic mass is 10.1. The predicted molar refractivity (Wildman–Crippen MR) is 70.4 cm³/mol. The third kappa shape index (κ3) is 7.40. The molecule has 1 atom stereocenters. The van der Waals surface area contributed by atoms with E-state index in [9.17, 15) is 14.4 Å². The summed E-state index contributed by atoms with van der Waals surface area (Å²) in [4.78, 5) is 35.1. The van der Waals surface area contributed by atoms with Gasteiger partial charge in [0, 0.05) is 32.5 Å². The number of rotatable bonds is 9. The smallest absolute Gasteiger partial charge is 0.303 e. The van der Waals surface area contributed by atoms with E-state index in [0.717, 1.165) is 0 Å². The van der Waals surface area contributed by atoms with E-state index in [-0.39, 0.29) is 31.7 Å². The van der Waals surface area contributed by atoms with Crippen LogP contribution in [0.3, 0.4) is 0 Å². The lowest BCUT2D eigenvalue weighted by molar-refractivity contribution is -0.137. The molecule has 7 heteroatoms. The van der Waals surface area contributed by atoms with Crippen molar-refractivity contribution in [1.29, 1.82) is 0 Å². The first-order valence-corrected chi connectivity index (χ1v) is 6.45. The van der Waals surface area contributed by atoms with Gasteiger partial charge in [-0.05, 0) is 20.3 Å². The fraction of sp³-hybridized carbons (Fsp3) is 0.750. The van der Waals surface area contributed by atoms with Crippen molar-refractivity contribution >= 4 is 17.8 Å². The van der Waals surface area contributed by atoms with Crippen molar-refractivity contribution in [3.8, 4) is 0 Å². The Bertz CT molecular complexity index is 316. The average molecular weight is 273 g/mol. The molecule has 0 saturated carbocycles. The van der Waals surface area contributed by atoms with Gasteiger partial charge in [0.05, 0.1) is 6.04 Å². The quantitative estimate of drug-likeness (QED) is 0.527. The lowest BCUT2D eigenvalue weighted by Gasteiger charge is -2.19. The molecule has 0 radical (unpaired) electrons. The summed E-state index contributed by atoms with van der Waals surface area (Å²) in [6.45, 7) is 5.28. The Labute approximate surface area is 113 Å². The van der Waals surface area contributed by atoms with E-state index in [1.54, 1.807) is 4.90 Å². The summed E-state index contributed by atoms with van der Waals surface area (Å²) in [5, 5.41) is 11.0. The zero-order valence-corrected chi connectivity index (χ0v) is 11.5. The topological polar surface area (TPSA) is 113 Å². The van der Waals surface area contributed by atoms with Crippen LogP contribution in [0.4, 0.5) is 0 Å². The molecule has 0 aliphatic rings. The number of hydrogen-bond donors (Lipinski definition) is 3. The normalized spacial score (nSPS) is 11.7. The molecule has 7 nitrogen and oxygen atoms in total. The molecule has 0 spiro atoms. The first kappa shape index (κ1) is 17.4. The van der Waals surface area contributed by atoms with Gasteiger partial charge in [-0.1, -0.05) is 0 Å². The summed E-state index contributed by atoms with van der Waals surface area (Å²) in [5.74, 6) is -1.43. The molecule has 19 heavy (non-hydrogen) atoms. The second-order valence-corrected chi connectivity index (χ2v) is 4.15. The Balaban J connectivity index is 3.90. The highest BCUT2D eigenvalue weighted by Gasteiger charge is 2.15. The van der Waals surface area contributed by atoms with E-state index in [4.69, 9.17) is 10.8 Å². The number of amides is 2. The lowest BCUT2D eigenvalue weighted by Crippen LogP contribution is -2.42. The number of carbonyl (C=O) groups is 3. The maximum atomic E-state index is 11.6. The van der Waals surface area contributed by atoms with Crippen LogP contribution in [0.25, 0.3) is 0 Å². The summed E-state index contributed by atoms with van der Waals surface area (Å²) < 4.78 is 0. The number of carbonyl (C=O) groups excluding carboxylic acids is 2. The Hall–Kier alpha value is -1.63. The van der Waals surface area contributed by atoms with Crippen molar-refractivity contribution < 1.29 is 19.5 Å². The third-order valence-electron chi connectivity index (χ3n) is 2.76. The van der Waals surface area contributed by atoms with Crippen LogP contribution in [0.2, 0.25) is 0 Å². The van der Waals surface area contributed by atoms with Crippen molar-refractivity contribution in [3.63, 3.8) is 0 Å². The molecule has 2 amide bonds. The van der Waals surface area contributed by atoms with Gasteiger partial charge in [-0.3, -0.25) is 14.4 Å². The van der Waals surface area contributed by atoms with Crippen LogP contribution in [-0.4, -0.2) is 53.5 Å². The van der Waals surface area contributed by atoms with Gasteiger partial charge < -0.3 is 21.1 Å². The van der Waals surface area contributed by atoms with Crippen LogP contribution < -0.4 is 11.1 Å². The Morgan fingerprint density at radius 1 is 1.21 bits per heavy atom. The van der Waals surface area contributed by atoms with Crippen LogP contribution in [-0.2, 0) is 14.4 Å². The molecule has 0 fully saturated rings. The molecule has 0 rings (SSSR count). The fourth-order valence-corrected chi connectivity index (χ4v) is 1.57. The van der Waals surface area contributed by atoms with Gasteiger partial charge in [0.15, 0.2) is 0 Å². The standard InChI is InChI=1S/C12H23N3O4/c1-3-15(4-2)10(16)7-8-14-12(19)9(13)5-6-11(17)18/h9H,3-8,13H2,1-2H3,(H,14,19)(H,17,18). The summed E-state index contributed by atoms with van der Waals surface area (Å²) in [7, 11) is 0. The summed E-state index contributed by atoms with van der Waals surface area (Å²) in [6.07, 6.45) is 0.164. The SMILES string of the molecule is CCN(CC)C(=O)CCNC(=O)C(N)CCC(=O)O. The Morgan fingerprint density at radius 2 is 1.79 bits per heavy atom. The average Bonchev–Trinajstić information content (AvgIpc) is 2.37. The molecular formula is C12H23N3O4. The molecule has 0 aliphatic heterocycles. The number of nitrogens with zero attached hydrogens (tertiary/aromatic N) is 1. The van der Waals surface area contributed by atoms with E-state index in [1.165, 1.54) is 0 Å². The molecule has 0 aromatic heterocycles. The highest BCUT2D eigenvalue weighted by Crippen LogP contribution is 1.96. The van der Waals surface area contributed by atoms with E-state index >= 15 is 0 Å². The van der Waals surface area contributed by atoms with Crippen LogP contribution in [0.5, 0.6) is 0 Å². The van der Waals surface area contributed by atoms with Gasteiger partial charge in [-0.25, -0.2) is 0 Å². The second-order valence-electron chi connectivity index (χ2n) is 4.15. The van der Waals surface area contributed by atoms with Gasteiger partial charge in [-0.15, -0.1) is 0 Å². The van der Waals surface area contributed by atoms with Gasteiger partial charge in [0.2, 0.25) is 11.8 Å². The zero-order chi connectivity index (χ0) is 14.8. The molecule has 1 unspecified atom stereocenters. The van der Waals surface area contributed by atoms with Gasteiger partial charge in [-0.2, -0.15) is 0 Å². The Kier molecular flexibility index (Phi) is 8.52. The number of carboxylic acid groups (broad SMARTS) is 1. The molecule has 0 saturated heterocycles. The molecule has 0 aromatic carbocycles. The number of nitrogens with one attached hydrogen (secondary N) is 1. The molecule has 0 aliphatic carbocycles. The van der Waals surface area contributed by atoms with Crippen molar-refractivity contribution in [1.82, 2.24) is 10.2 Å². The molecule has 0 heterocycles. The number of aliphatic carboxylic acids is 1. The van der Waals surface area contributed by atoms with Crippen molar-refractivity contribution in [2.75, 3.05) is 19.6 Å². The third-order valence-corrected chi connectivity index (χ3v) is 2.76. The molecular weight excluding hydrogens is 250 g/mol. The van der Waals surface area contributed by atoms with Crippen LogP contribution in [0.15, 0.2) is 0 Å². The summed E-state index contributed by atoms with van der Waals surface area (Å²) >= 11 is 0. The van der Waals surface area contributed by atoms with Gasteiger partial charge >= 0.3 is 5.97 Å². The molecule has 0 aromatic rings. The molecule has 4 N–H and O–H groups in total. The summed E-state index contributed by atoms with van der Waals surface area (Å²) in [5.41, 5.74) is 5.52. The number of hydrogen-bond acceptors (Lipinski definition) is 4. The van der Waals surface area contributed by atoms with Crippen LogP contribution in [0.1, 0.15) is 33.1 Å². The minimum absolute atomic E-state index is 0.0237. The Morgan fingerprint density at radius 3 is 2.26 bits per heavy atom. The number of carboxylic acids is 1. The largest absolute Gasteiger partial charge is 0.481 e. The van der Waals surface area contributed by atoms with Crippen molar-refractivity contribution in [2.45, 2.75) is 39.2 Å². The van der Waals surface area contributed by atoms with E-state index in [2.05, 4.69) is 5.32 Å². The molecule has 110 valence electrons. The molecule has 0 bridgehead atoms. The zero-order valence-electron chi connectivity index (χ0n) is 11.5. The second kappa shape index (κ2) is 9.32. The maximum absolute atomic E-state index is 11.6. The van der Waals surface area contributed by atoms with Crippen molar-refractivity contribution in [2.24, 2.45) is 5.73 Å². The van der Waals surface area contributed by atoms with E-state index < -0.39 is 17.9 Å². The number of nitrogens with two attached hydrogens (primary N) is 1. The summed E-state index contributed by atoms with van der Waals surface area (Å²) in [6, 6.07) is -0.848. The van der Waals surface area contributed by atoms with Crippen molar-refractivity contribution in [3.05, 3.63) is 0 Å². The fourth-order valence-electron chi connectivity index (χ4n) is 1.57. The monoisotopic (exact) mass is 273 g/mol. The highest BCUT2D eigenvalue weighted by atomic mass is 16.4. The minimum atomic E-state index is -0.986. The predicted octanol–water partition coefficient (Wildman–Crippen LogP) is -0.447. The van der Waals surface area contributed by atoms with Crippen LogP contribution in [0, 0.1) is 0 Å². The maximum Gasteiger partial charge on any atom is 0.303 e. The first-order valence-electron chi connectivity index (χ1n) is 6.45. The highest BCUT2D eigenvalue weighted by molar-refractivity contribution is 5.83. The van der Waals surface area contributed by atoms with Gasteiger partial charge in [0.25, 0.3) is 0 Å². The minimum Gasteiger partial charge on any atom is -0.481 e. The van der Waals surface area contributed by atoms with E-state index in [0.29, 0.717) is 13.1 Å². The first-order chi connectivity index (χ1) is 8.92.